The third-order valence-corrected chi connectivity index (χ3v) is 7.30. The van der Waals surface area contributed by atoms with Crippen LogP contribution in [-0.2, 0) is 12.8 Å². The van der Waals surface area contributed by atoms with E-state index in [1.807, 2.05) is 0 Å². The molecule has 1 atom stereocenters. The Bertz CT molecular complexity index is 1030. The highest BCUT2D eigenvalue weighted by Gasteiger charge is 2.33. The predicted molar refractivity (Wildman–Crippen MR) is 128 cm³/mol. The van der Waals surface area contributed by atoms with E-state index in [1.54, 1.807) is 12.1 Å². The summed E-state index contributed by atoms with van der Waals surface area (Å²) in [6.45, 7) is 6.70. The fourth-order valence-corrected chi connectivity index (χ4v) is 5.62. The second kappa shape index (κ2) is 8.83. The van der Waals surface area contributed by atoms with Crippen molar-refractivity contribution in [3.63, 3.8) is 0 Å². The Labute approximate surface area is 195 Å². The minimum Gasteiger partial charge on any atom is -0.365 e. The zero-order valence-corrected chi connectivity index (χ0v) is 20.0. The molecule has 0 unspecified atom stereocenters. The highest BCUT2D eigenvalue weighted by molar-refractivity contribution is 7.80. The fraction of sp³-hybridized carbons (Fsp3) is 0.381. The maximum Gasteiger partial charge on any atom is 0.258 e. The topological polar surface area (TPSA) is 84.2 Å². The molecule has 1 aromatic carbocycles. The van der Waals surface area contributed by atoms with E-state index >= 15 is 0 Å². The lowest BCUT2D eigenvalue weighted by atomic mass is 9.72. The number of rotatable bonds is 3. The van der Waals surface area contributed by atoms with Crippen LogP contribution in [-0.4, -0.2) is 16.9 Å². The molecule has 4 N–H and O–H groups in total. The van der Waals surface area contributed by atoms with E-state index < -0.39 is 11.8 Å². The molecule has 1 aromatic heterocycles. The highest BCUT2D eigenvalue weighted by atomic mass is 35.5. The van der Waals surface area contributed by atoms with E-state index in [9.17, 15) is 9.59 Å². The minimum absolute atomic E-state index is 0.0597. The van der Waals surface area contributed by atoms with E-state index in [0.717, 1.165) is 29.7 Å². The van der Waals surface area contributed by atoms with Crippen molar-refractivity contribution >= 4 is 68.7 Å². The first-order valence-corrected chi connectivity index (χ1v) is 11.5. The number of halogens is 2. The van der Waals surface area contributed by atoms with Crippen LogP contribution in [0.5, 0.6) is 0 Å². The second-order valence-electron chi connectivity index (χ2n) is 8.41. The second-order valence-corrected chi connectivity index (χ2v) is 10.8. The number of amides is 2. The molecule has 0 saturated carbocycles. The molecule has 0 saturated heterocycles. The normalized spacial score (nSPS) is 16.0. The maximum atomic E-state index is 12.5. The Morgan fingerprint density at radius 2 is 1.97 bits per heavy atom. The lowest BCUT2D eigenvalue weighted by Gasteiger charge is -2.33. The van der Waals surface area contributed by atoms with Crippen molar-refractivity contribution < 1.29 is 9.59 Å². The molecule has 0 spiro atoms. The quantitative estimate of drug-likeness (QED) is 0.507. The van der Waals surface area contributed by atoms with E-state index in [4.69, 9.17) is 41.2 Å². The molecule has 2 aromatic rings. The standard InChI is InChI=1S/C21H23Cl2N3O2S2/c1-21(2,3)10-4-6-12-15(8-10)30-19(16(12)17(24)27)26-20(29)25-18(28)13-9-11(22)5-7-14(13)23/h5,7,9-10H,4,6,8H2,1-3H3,(H2,24,27)(H2,25,26,28,29)/t10-/m0/s1. The third kappa shape index (κ3) is 4.97. The Morgan fingerprint density at radius 1 is 1.27 bits per heavy atom. The average Bonchev–Trinajstić information content (AvgIpc) is 2.99. The van der Waals surface area contributed by atoms with Gasteiger partial charge in [0.2, 0.25) is 0 Å². The van der Waals surface area contributed by atoms with Gasteiger partial charge in [0.1, 0.15) is 5.00 Å². The summed E-state index contributed by atoms with van der Waals surface area (Å²) in [5.41, 5.74) is 7.51. The number of nitrogens with one attached hydrogen (secondary N) is 2. The van der Waals surface area contributed by atoms with Crippen molar-refractivity contribution in [1.29, 1.82) is 0 Å². The van der Waals surface area contributed by atoms with Gasteiger partial charge in [-0.2, -0.15) is 0 Å². The molecule has 5 nitrogen and oxygen atoms in total. The van der Waals surface area contributed by atoms with Crippen LogP contribution < -0.4 is 16.4 Å². The summed E-state index contributed by atoms with van der Waals surface area (Å²) in [5, 5.41) is 6.83. The molecular weight excluding hydrogens is 461 g/mol. The Balaban J connectivity index is 1.80. The van der Waals surface area contributed by atoms with Crippen molar-refractivity contribution in [3.8, 4) is 0 Å². The first-order valence-electron chi connectivity index (χ1n) is 9.49. The fourth-order valence-electron chi connectivity index (χ4n) is 3.65. The van der Waals surface area contributed by atoms with Crippen LogP contribution in [0.2, 0.25) is 10.0 Å². The summed E-state index contributed by atoms with van der Waals surface area (Å²) in [4.78, 5) is 25.8. The van der Waals surface area contributed by atoms with Gasteiger partial charge in [-0.3, -0.25) is 14.9 Å². The van der Waals surface area contributed by atoms with Crippen LogP contribution in [0.1, 0.15) is 58.3 Å². The summed E-state index contributed by atoms with van der Waals surface area (Å²) in [6.07, 6.45) is 2.69. The number of primary amides is 1. The number of benzene rings is 1. The van der Waals surface area contributed by atoms with Crippen LogP contribution in [0.4, 0.5) is 5.00 Å². The van der Waals surface area contributed by atoms with Gasteiger partial charge in [0.05, 0.1) is 16.1 Å². The van der Waals surface area contributed by atoms with Crippen molar-refractivity contribution in [3.05, 3.63) is 49.8 Å². The van der Waals surface area contributed by atoms with Gasteiger partial charge in [-0.1, -0.05) is 44.0 Å². The minimum atomic E-state index is -0.503. The molecule has 2 amide bonds. The number of thiocarbonyl (C=S) groups is 1. The van der Waals surface area contributed by atoms with Crippen LogP contribution in [0, 0.1) is 11.3 Å². The zero-order chi connectivity index (χ0) is 22.2. The summed E-state index contributed by atoms with van der Waals surface area (Å²) in [7, 11) is 0. The molecule has 30 heavy (non-hydrogen) atoms. The Hall–Kier alpha value is -1.67. The van der Waals surface area contributed by atoms with Gasteiger partial charge in [-0.25, -0.2) is 0 Å². The monoisotopic (exact) mass is 483 g/mol. The molecule has 9 heteroatoms. The van der Waals surface area contributed by atoms with E-state index in [1.165, 1.54) is 17.4 Å². The summed E-state index contributed by atoms with van der Waals surface area (Å²) in [6, 6.07) is 4.60. The van der Waals surface area contributed by atoms with Crippen molar-refractivity contribution in [2.45, 2.75) is 40.0 Å². The maximum absolute atomic E-state index is 12.5. The first-order chi connectivity index (χ1) is 14.0. The molecular formula is C21H23Cl2N3O2S2. The van der Waals surface area contributed by atoms with Gasteiger partial charge in [0.15, 0.2) is 5.11 Å². The third-order valence-electron chi connectivity index (χ3n) is 5.36. The number of hydrogen-bond donors (Lipinski definition) is 3. The van der Waals surface area contributed by atoms with Crippen LogP contribution in [0.25, 0.3) is 0 Å². The smallest absolute Gasteiger partial charge is 0.258 e. The largest absolute Gasteiger partial charge is 0.365 e. The number of hydrogen-bond acceptors (Lipinski definition) is 4. The molecule has 1 heterocycles. The van der Waals surface area contributed by atoms with Gasteiger partial charge in [0.25, 0.3) is 11.8 Å². The molecule has 3 rings (SSSR count). The predicted octanol–water partition coefficient (Wildman–Crippen LogP) is 5.43. The summed E-state index contributed by atoms with van der Waals surface area (Å²) in [5.74, 6) is -0.472. The first kappa shape index (κ1) is 23.0. The van der Waals surface area contributed by atoms with Gasteiger partial charge < -0.3 is 11.1 Å². The molecule has 0 aliphatic heterocycles. The van der Waals surface area contributed by atoms with Gasteiger partial charge in [-0.15, -0.1) is 11.3 Å². The molecule has 0 bridgehead atoms. The van der Waals surface area contributed by atoms with Gasteiger partial charge in [-0.05, 0) is 66.6 Å². The molecule has 1 aliphatic carbocycles. The Kier molecular flexibility index (Phi) is 6.77. The number of fused-ring (bicyclic) bond motifs is 1. The van der Waals surface area contributed by atoms with Crippen LogP contribution in [0.3, 0.4) is 0 Å². The zero-order valence-electron chi connectivity index (χ0n) is 16.9. The number of nitrogens with two attached hydrogens (primary N) is 1. The van der Waals surface area contributed by atoms with E-state index in [2.05, 4.69) is 31.4 Å². The summed E-state index contributed by atoms with van der Waals surface area (Å²) >= 11 is 18.8. The number of carbonyl (C=O) groups is 2. The van der Waals surface area contributed by atoms with Crippen LogP contribution >= 0.6 is 46.8 Å². The number of carbonyl (C=O) groups excluding carboxylic acids is 2. The van der Waals surface area contributed by atoms with Crippen molar-refractivity contribution in [1.82, 2.24) is 5.32 Å². The van der Waals surface area contributed by atoms with Crippen molar-refractivity contribution in [2.75, 3.05) is 5.32 Å². The van der Waals surface area contributed by atoms with Crippen LogP contribution in [0.15, 0.2) is 18.2 Å². The van der Waals surface area contributed by atoms with E-state index in [-0.39, 0.29) is 21.1 Å². The lowest BCUT2D eigenvalue weighted by molar-refractivity contribution is 0.0975. The number of anilines is 1. The average molecular weight is 484 g/mol. The molecule has 160 valence electrons. The lowest BCUT2D eigenvalue weighted by Crippen LogP contribution is -2.34. The highest BCUT2D eigenvalue weighted by Crippen LogP contribution is 2.44. The van der Waals surface area contributed by atoms with Crippen molar-refractivity contribution in [2.24, 2.45) is 17.1 Å². The Morgan fingerprint density at radius 3 is 2.60 bits per heavy atom. The summed E-state index contributed by atoms with van der Waals surface area (Å²) < 4.78 is 0. The van der Waals surface area contributed by atoms with E-state index in [0.29, 0.717) is 21.5 Å². The number of thiophene rings is 1. The van der Waals surface area contributed by atoms with Gasteiger partial charge in [0, 0.05) is 9.90 Å². The SMILES string of the molecule is CC(C)(C)[C@H]1CCc2c(sc(NC(=S)NC(=O)c3cc(Cl)ccc3Cl)c2C(N)=O)C1. The van der Waals surface area contributed by atoms with Gasteiger partial charge >= 0.3 is 0 Å². The molecule has 0 fully saturated rings. The molecule has 0 radical (unpaired) electrons. The molecule has 1 aliphatic rings.